The number of hydrogen-bond donors (Lipinski definition) is 1. The number of halogens is 2. The minimum Gasteiger partial charge on any atom is -0.272 e. The zero-order valence-corrected chi connectivity index (χ0v) is 19.7. The summed E-state index contributed by atoms with van der Waals surface area (Å²) in [7, 11) is 0. The molecule has 0 spiro atoms. The number of thioether (sulfide) groups is 1. The van der Waals surface area contributed by atoms with Crippen LogP contribution in [0.1, 0.15) is 5.56 Å². The van der Waals surface area contributed by atoms with E-state index in [9.17, 15) is 9.59 Å². The van der Waals surface area contributed by atoms with E-state index in [0.717, 1.165) is 21.8 Å². The summed E-state index contributed by atoms with van der Waals surface area (Å²) in [6.45, 7) is 0. The molecule has 0 radical (unpaired) electrons. The summed E-state index contributed by atoms with van der Waals surface area (Å²) < 4.78 is 2.41. The first kappa shape index (κ1) is 22.3. The van der Waals surface area contributed by atoms with Crippen molar-refractivity contribution in [2.24, 2.45) is 5.10 Å². The monoisotopic (exact) mass is 526 g/mol. The lowest BCUT2D eigenvalue weighted by Gasteiger charge is -2.13. The van der Waals surface area contributed by atoms with Gasteiger partial charge in [-0.25, -0.2) is 10.4 Å². The van der Waals surface area contributed by atoms with E-state index >= 15 is 0 Å². The number of nitrogens with one attached hydrogen (secondary N) is 1. The molecule has 0 aliphatic rings. The van der Waals surface area contributed by atoms with Gasteiger partial charge in [-0.15, -0.1) is 0 Å². The van der Waals surface area contributed by atoms with E-state index in [2.05, 4.69) is 31.4 Å². The minimum absolute atomic E-state index is 0.0359. The fourth-order valence-electron chi connectivity index (χ4n) is 2.96. The fourth-order valence-corrected chi connectivity index (χ4v) is 4.22. The summed E-state index contributed by atoms with van der Waals surface area (Å²) in [5.41, 5.74) is 4.30. The van der Waals surface area contributed by atoms with E-state index in [1.165, 1.54) is 10.8 Å². The number of hydrogen-bond acceptors (Lipinski definition) is 5. The molecule has 0 fully saturated rings. The van der Waals surface area contributed by atoms with Crippen molar-refractivity contribution in [3.63, 3.8) is 0 Å². The van der Waals surface area contributed by atoms with Gasteiger partial charge in [-0.3, -0.25) is 14.2 Å². The van der Waals surface area contributed by atoms with Gasteiger partial charge in [-0.1, -0.05) is 63.6 Å². The Bertz CT molecular complexity index is 1370. The van der Waals surface area contributed by atoms with Crippen molar-refractivity contribution in [3.8, 4) is 5.69 Å². The maximum absolute atomic E-state index is 13.2. The number of para-hydroxylation sites is 1. The van der Waals surface area contributed by atoms with Gasteiger partial charge in [0.1, 0.15) is 0 Å². The number of aromatic nitrogens is 2. The number of carbonyl (C=O) groups is 1. The van der Waals surface area contributed by atoms with Crippen molar-refractivity contribution in [1.82, 2.24) is 15.0 Å². The Morgan fingerprint density at radius 3 is 2.69 bits per heavy atom. The van der Waals surface area contributed by atoms with Crippen LogP contribution in [0.3, 0.4) is 0 Å². The highest BCUT2D eigenvalue weighted by atomic mass is 79.9. The molecule has 6 nitrogen and oxygen atoms in total. The van der Waals surface area contributed by atoms with Gasteiger partial charge < -0.3 is 0 Å². The lowest BCUT2D eigenvalue weighted by Crippen LogP contribution is -2.24. The van der Waals surface area contributed by atoms with E-state index in [1.54, 1.807) is 36.4 Å². The average Bonchev–Trinajstić information content (AvgIpc) is 2.79. The molecule has 9 heteroatoms. The SMILES string of the molecule is O=C(CSc1nc2ccccc2c(=O)n1-c1ccc(Br)cc1)NN=Cc1cccc(Cl)c1. The molecule has 0 aliphatic carbocycles. The van der Waals surface area contributed by atoms with Crippen LogP contribution in [0.15, 0.2) is 92.3 Å². The van der Waals surface area contributed by atoms with E-state index < -0.39 is 0 Å². The van der Waals surface area contributed by atoms with Crippen LogP contribution >= 0.6 is 39.3 Å². The second-order valence-corrected chi connectivity index (χ2v) is 8.96. The zero-order chi connectivity index (χ0) is 22.5. The van der Waals surface area contributed by atoms with E-state index in [-0.39, 0.29) is 17.2 Å². The largest absolute Gasteiger partial charge is 0.272 e. The van der Waals surface area contributed by atoms with Gasteiger partial charge in [0.2, 0.25) is 0 Å². The molecule has 32 heavy (non-hydrogen) atoms. The molecule has 1 heterocycles. The number of carbonyl (C=O) groups excluding carboxylic acids is 1. The Morgan fingerprint density at radius 2 is 1.91 bits per heavy atom. The van der Waals surface area contributed by atoms with Crippen LogP contribution < -0.4 is 11.0 Å². The first-order valence-electron chi connectivity index (χ1n) is 9.49. The minimum atomic E-state index is -0.321. The average molecular weight is 528 g/mol. The Kier molecular flexibility index (Phi) is 7.04. The van der Waals surface area contributed by atoms with Crippen molar-refractivity contribution >= 4 is 62.3 Å². The van der Waals surface area contributed by atoms with E-state index in [1.807, 2.05) is 36.4 Å². The number of hydrazone groups is 1. The van der Waals surface area contributed by atoms with E-state index in [4.69, 9.17) is 11.6 Å². The van der Waals surface area contributed by atoms with Crippen LogP contribution in [0.4, 0.5) is 0 Å². The summed E-state index contributed by atoms with van der Waals surface area (Å²) in [6, 6.07) is 21.6. The van der Waals surface area contributed by atoms with Gasteiger partial charge in [0.05, 0.1) is 28.6 Å². The van der Waals surface area contributed by atoms with Crippen LogP contribution in [0, 0.1) is 0 Å². The van der Waals surface area contributed by atoms with Crippen molar-refractivity contribution in [2.75, 3.05) is 5.75 Å². The second-order valence-electron chi connectivity index (χ2n) is 6.67. The predicted octanol–water partition coefficient (Wildman–Crippen LogP) is 5.04. The fraction of sp³-hybridized carbons (Fsp3) is 0.0435. The van der Waals surface area contributed by atoms with Crippen molar-refractivity contribution in [2.45, 2.75) is 5.16 Å². The molecule has 0 bridgehead atoms. The lowest BCUT2D eigenvalue weighted by atomic mass is 10.2. The second kappa shape index (κ2) is 10.1. The molecular formula is C23H16BrClN4O2S. The Labute approximate surface area is 201 Å². The van der Waals surface area contributed by atoms with Gasteiger partial charge in [0.15, 0.2) is 5.16 Å². The number of benzene rings is 3. The molecule has 4 rings (SSSR count). The highest BCUT2D eigenvalue weighted by Crippen LogP contribution is 2.22. The van der Waals surface area contributed by atoms with Crippen LogP contribution in [-0.2, 0) is 4.79 Å². The molecule has 1 amide bonds. The molecule has 4 aromatic rings. The Morgan fingerprint density at radius 1 is 1.12 bits per heavy atom. The van der Waals surface area contributed by atoms with Gasteiger partial charge in [-0.05, 0) is 54.1 Å². The predicted molar refractivity (Wildman–Crippen MR) is 133 cm³/mol. The third-order valence-corrected chi connectivity index (χ3v) is 6.12. The first-order chi connectivity index (χ1) is 15.5. The number of fused-ring (bicyclic) bond motifs is 1. The van der Waals surface area contributed by atoms with Gasteiger partial charge in [0.25, 0.3) is 11.5 Å². The molecule has 0 aliphatic heterocycles. The Hall–Kier alpha value is -2.94. The molecular weight excluding hydrogens is 512 g/mol. The molecule has 0 saturated carbocycles. The highest BCUT2D eigenvalue weighted by Gasteiger charge is 2.14. The summed E-state index contributed by atoms with van der Waals surface area (Å²) in [5, 5.41) is 5.48. The van der Waals surface area contributed by atoms with Crippen LogP contribution in [-0.4, -0.2) is 27.4 Å². The molecule has 1 aromatic heterocycles. The molecule has 0 unspecified atom stereocenters. The zero-order valence-electron chi connectivity index (χ0n) is 16.5. The van der Waals surface area contributed by atoms with Gasteiger partial charge in [-0.2, -0.15) is 5.10 Å². The lowest BCUT2D eigenvalue weighted by molar-refractivity contribution is -0.118. The summed E-state index contributed by atoms with van der Waals surface area (Å²) >= 11 is 10.5. The molecule has 3 aromatic carbocycles. The molecule has 160 valence electrons. The quantitative estimate of drug-likeness (QED) is 0.165. The van der Waals surface area contributed by atoms with Crippen LogP contribution in [0.2, 0.25) is 5.02 Å². The molecule has 0 atom stereocenters. The number of rotatable bonds is 6. The number of amides is 1. The van der Waals surface area contributed by atoms with Crippen molar-refractivity contribution in [3.05, 3.63) is 98.2 Å². The maximum atomic E-state index is 13.2. The summed E-state index contributed by atoms with van der Waals surface area (Å²) in [4.78, 5) is 30.1. The molecule has 1 N–H and O–H groups in total. The Balaban J connectivity index is 1.56. The molecule has 0 saturated heterocycles. The third-order valence-electron chi connectivity index (χ3n) is 4.41. The van der Waals surface area contributed by atoms with Crippen LogP contribution in [0.25, 0.3) is 16.6 Å². The first-order valence-corrected chi connectivity index (χ1v) is 11.6. The third kappa shape index (κ3) is 5.27. The van der Waals surface area contributed by atoms with Crippen molar-refractivity contribution < 1.29 is 4.79 Å². The van der Waals surface area contributed by atoms with Gasteiger partial charge in [0, 0.05) is 9.50 Å². The van der Waals surface area contributed by atoms with Gasteiger partial charge >= 0.3 is 0 Å². The number of nitrogens with zero attached hydrogens (tertiary/aromatic N) is 3. The van der Waals surface area contributed by atoms with E-state index in [0.29, 0.717) is 26.8 Å². The van der Waals surface area contributed by atoms with Crippen molar-refractivity contribution in [1.29, 1.82) is 0 Å². The topological polar surface area (TPSA) is 76.3 Å². The smallest absolute Gasteiger partial charge is 0.266 e. The summed E-state index contributed by atoms with van der Waals surface area (Å²) in [5.74, 6) is -0.285. The summed E-state index contributed by atoms with van der Waals surface area (Å²) in [6.07, 6.45) is 1.51. The highest BCUT2D eigenvalue weighted by molar-refractivity contribution is 9.10. The van der Waals surface area contributed by atoms with Crippen LogP contribution in [0.5, 0.6) is 0 Å². The standard InChI is InChI=1S/C23H16BrClN4O2S/c24-16-8-10-18(11-9-16)29-22(31)19-6-1-2-7-20(19)27-23(29)32-14-21(30)28-26-13-15-4-3-5-17(25)12-15/h1-13H,14H2,(H,28,30). The normalized spacial score (nSPS) is 11.2. The maximum Gasteiger partial charge on any atom is 0.266 e.